The first-order chi connectivity index (χ1) is 21.1. The van der Waals surface area contributed by atoms with Crippen LogP contribution in [-0.4, -0.2) is 19.3 Å². The fraction of sp³-hybridized carbons (Fsp3) is 0.657. The van der Waals surface area contributed by atoms with Gasteiger partial charge in [0.2, 0.25) is 0 Å². The molecule has 0 spiro atoms. The van der Waals surface area contributed by atoms with Gasteiger partial charge in [-0.3, -0.25) is 0 Å². The van der Waals surface area contributed by atoms with Crippen molar-refractivity contribution in [2.24, 2.45) is 17.8 Å². The average molecular weight is 627 g/mol. The largest absolute Gasteiger partial charge is 0.383 e. The van der Waals surface area contributed by atoms with E-state index in [4.69, 9.17) is 14.2 Å². The minimum absolute atomic E-state index is 0.135. The highest BCUT2D eigenvalue weighted by Crippen LogP contribution is 2.45. The summed E-state index contributed by atoms with van der Waals surface area (Å²) in [5.74, 6) is -4.02. The third-order valence-corrected chi connectivity index (χ3v) is 9.96. The lowest BCUT2D eigenvalue weighted by Crippen LogP contribution is -2.32. The van der Waals surface area contributed by atoms with Crippen molar-refractivity contribution in [1.29, 1.82) is 0 Å². The lowest BCUT2D eigenvalue weighted by Gasteiger charge is -2.38. The van der Waals surface area contributed by atoms with Crippen LogP contribution in [0.5, 0.6) is 0 Å². The van der Waals surface area contributed by atoms with Gasteiger partial charge in [0.15, 0.2) is 23.7 Å². The summed E-state index contributed by atoms with van der Waals surface area (Å²) in [6.07, 6.45) is 6.64. The summed E-state index contributed by atoms with van der Waals surface area (Å²) in [5, 5.41) is 0. The van der Waals surface area contributed by atoms with Crippen molar-refractivity contribution >= 4 is 0 Å². The van der Waals surface area contributed by atoms with E-state index in [9.17, 15) is 22.0 Å². The number of halogens is 6. The smallest absolute Gasteiger partial charge is 0.348 e. The predicted molar refractivity (Wildman–Crippen MR) is 155 cm³/mol. The molecule has 5 rings (SSSR count). The van der Waals surface area contributed by atoms with Crippen LogP contribution in [0, 0.1) is 41.0 Å². The van der Waals surface area contributed by atoms with Crippen molar-refractivity contribution in [2.45, 2.75) is 115 Å². The minimum Gasteiger partial charge on any atom is -0.348 e. The van der Waals surface area contributed by atoms with Crippen LogP contribution in [0.4, 0.5) is 26.3 Å². The molecule has 3 nitrogen and oxygen atoms in total. The number of rotatable bonds is 11. The standard InChI is InChI=1S/C35H44F6O3/c1-2-3-4-5-6-22-20-42-34(43-21-22)26-13-16-29(30(36)17-26)25-9-7-23(8-10-25)24-11-14-28(15-12-24)44-35(40,41)27-18-31(37)33(39)32(38)19-27/h13,16-19,22-25,28,34H,2-12,14-15,20-21H2,1H3. The van der Waals surface area contributed by atoms with Gasteiger partial charge in [0.25, 0.3) is 0 Å². The van der Waals surface area contributed by atoms with Crippen LogP contribution < -0.4 is 0 Å². The summed E-state index contributed by atoms with van der Waals surface area (Å²) >= 11 is 0. The molecule has 1 heterocycles. The number of benzene rings is 2. The number of unbranched alkanes of at least 4 members (excludes halogenated alkanes) is 3. The van der Waals surface area contributed by atoms with Gasteiger partial charge in [-0.25, -0.2) is 17.6 Å². The van der Waals surface area contributed by atoms with Crippen molar-refractivity contribution < 1.29 is 40.6 Å². The monoisotopic (exact) mass is 626 g/mol. The fourth-order valence-electron chi connectivity index (χ4n) is 7.36. The Morgan fingerprint density at radius 2 is 1.36 bits per heavy atom. The zero-order valence-electron chi connectivity index (χ0n) is 25.4. The Kier molecular flexibility index (Phi) is 11.3. The van der Waals surface area contributed by atoms with E-state index in [2.05, 4.69) is 6.92 Å². The zero-order chi connectivity index (χ0) is 31.3. The minimum atomic E-state index is -3.92. The molecule has 0 N–H and O–H groups in total. The molecule has 0 aromatic heterocycles. The molecule has 1 saturated heterocycles. The quantitative estimate of drug-likeness (QED) is 0.141. The first-order valence-corrected chi connectivity index (χ1v) is 16.4. The fourth-order valence-corrected chi connectivity index (χ4v) is 7.36. The zero-order valence-corrected chi connectivity index (χ0v) is 25.4. The van der Waals surface area contributed by atoms with E-state index in [1.165, 1.54) is 25.7 Å². The molecule has 0 atom stereocenters. The average Bonchev–Trinajstić information content (AvgIpc) is 3.02. The molecule has 2 aromatic rings. The maximum absolute atomic E-state index is 15.3. The Labute approximate surface area is 256 Å². The van der Waals surface area contributed by atoms with Gasteiger partial charge in [0.1, 0.15) is 5.82 Å². The molecule has 0 radical (unpaired) electrons. The third-order valence-electron chi connectivity index (χ3n) is 9.96. The molecular formula is C35H44F6O3. The van der Waals surface area contributed by atoms with Crippen LogP contribution >= 0.6 is 0 Å². The van der Waals surface area contributed by atoms with Crippen LogP contribution in [-0.2, 0) is 20.3 Å². The Bertz CT molecular complexity index is 1190. The second-order valence-electron chi connectivity index (χ2n) is 13.0. The summed E-state index contributed by atoms with van der Waals surface area (Å²) in [5.41, 5.74) is 0.406. The Morgan fingerprint density at radius 3 is 1.95 bits per heavy atom. The van der Waals surface area contributed by atoms with Crippen molar-refractivity contribution in [1.82, 2.24) is 0 Å². The van der Waals surface area contributed by atoms with Crippen LogP contribution in [0.3, 0.4) is 0 Å². The molecule has 2 saturated carbocycles. The number of alkyl halides is 2. The molecule has 3 aliphatic rings. The van der Waals surface area contributed by atoms with Crippen LogP contribution in [0.2, 0.25) is 0 Å². The van der Waals surface area contributed by atoms with E-state index >= 15 is 4.39 Å². The second kappa shape index (κ2) is 15.0. The van der Waals surface area contributed by atoms with E-state index in [-0.39, 0.29) is 23.9 Å². The number of hydrogen-bond donors (Lipinski definition) is 0. The van der Waals surface area contributed by atoms with Crippen molar-refractivity contribution in [2.75, 3.05) is 13.2 Å². The van der Waals surface area contributed by atoms with Gasteiger partial charge in [0.05, 0.1) is 24.9 Å². The van der Waals surface area contributed by atoms with E-state index in [0.717, 1.165) is 37.7 Å². The Balaban J connectivity index is 1.06. The summed E-state index contributed by atoms with van der Waals surface area (Å²) in [6.45, 7) is 3.47. The van der Waals surface area contributed by atoms with Gasteiger partial charge in [-0.1, -0.05) is 44.7 Å². The highest BCUT2D eigenvalue weighted by atomic mass is 19.3. The molecule has 1 aliphatic heterocycles. The number of ether oxygens (including phenoxy) is 3. The van der Waals surface area contributed by atoms with Crippen molar-refractivity contribution in [3.8, 4) is 0 Å². The molecule has 244 valence electrons. The third kappa shape index (κ3) is 8.18. The molecule has 2 aliphatic carbocycles. The van der Waals surface area contributed by atoms with Crippen LogP contribution in [0.1, 0.15) is 119 Å². The Morgan fingerprint density at radius 1 is 0.750 bits per heavy atom. The summed E-state index contributed by atoms with van der Waals surface area (Å²) in [4.78, 5) is 0. The lowest BCUT2D eigenvalue weighted by atomic mass is 9.69. The van der Waals surface area contributed by atoms with Gasteiger partial charge in [-0.05, 0) is 99.3 Å². The van der Waals surface area contributed by atoms with Gasteiger partial charge < -0.3 is 14.2 Å². The van der Waals surface area contributed by atoms with Crippen LogP contribution in [0.25, 0.3) is 0 Å². The van der Waals surface area contributed by atoms with Crippen LogP contribution in [0.15, 0.2) is 30.3 Å². The maximum Gasteiger partial charge on any atom is 0.383 e. The second-order valence-corrected chi connectivity index (χ2v) is 13.0. The highest BCUT2D eigenvalue weighted by Gasteiger charge is 2.40. The first-order valence-electron chi connectivity index (χ1n) is 16.4. The molecular weight excluding hydrogens is 582 g/mol. The van der Waals surface area contributed by atoms with E-state index < -0.39 is 41.5 Å². The van der Waals surface area contributed by atoms with Gasteiger partial charge >= 0.3 is 6.11 Å². The normalized spacial score (nSPS) is 28.2. The molecule has 3 fully saturated rings. The van der Waals surface area contributed by atoms with E-state index in [0.29, 0.717) is 62.2 Å². The molecule has 9 heteroatoms. The summed E-state index contributed by atoms with van der Waals surface area (Å²) in [7, 11) is 0. The van der Waals surface area contributed by atoms with Crippen molar-refractivity contribution in [3.63, 3.8) is 0 Å². The molecule has 0 bridgehead atoms. The predicted octanol–water partition coefficient (Wildman–Crippen LogP) is 10.5. The lowest BCUT2D eigenvalue weighted by molar-refractivity contribution is -0.278. The molecule has 2 aromatic carbocycles. The maximum atomic E-state index is 15.3. The Hall–Kier alpha value is -2.10. The van der Waals surface area contributed by atoms with Gasteiger partial charge in [-0.15, -0.1) is 0 Å². The topological polar surface area (TPSA) is 27.7 Å². The molecule has 44 heavy (non-hydrogen) atoms. The van der Waals surface area contributed by atoms with E-state index in [1.807, 2.05) is 12.1 Å². The van der Waals surface area contributed by atoms with Gasteiger partial charge in [-0.2, -0.15) is 8.78 Å². The van der Waals surface area contributed by atoms with Gasteiger partial charge in [0, 0.05) is 11.5 Å². The first kappa shape index (κ1) is 33.3. The summed E-state index contributed by atoms with van der Waals surface area (Å²) < 4.78 is 102. The van der Waals surface area contributed by atoms with Crippen molar-refractivity contribution in [3.05, 3.63) is 70.3 Å². The SMILES string of the molecule is CCCCCCC1COC(c2ccc(C3CCC(C4CCC(OC(F)(F)c5cc(F)c(F)c(F)c5)CC4)CC3)c(F)c2)OC1. The highest BCUT2D eigenvalue weighted by molar-refractivity contribution is 5.28. The molecule has 0 amide bonds. The molecule has 0 unspecified atom stereocenters. The summed E-state index contributed by atoms with van der Waals surface area (Å²) in [6, 6.07) is 5.91. The number of hydrogen-bond acceptors (Lipinski definition) is 3. The van der Waals surface area contributed by atoms with E-state index in [1.54, 1.807) is 6.07 Å².